The Kier molecular flexibility index (Phi) is 8.68. The number of allylic oxidation sites excluding steroid dienone is 2. The van der Waals surface area contributed by atoms with E-state index in [-0.39, 0.29) is 37.2 Å². The predicted octanol–water partition coefficient (Wildman–Crippen LogP) is 3.50. The van der Waals surface area contributed by atoms with E-state index in [1.165, 1.54) is 6.08 Å². The molecular formula is C34H50O9. The lowest BCUT2D eigenvalue weighted by Gasteiger charge is -2.51. The van der Waals surface area contributed by atoms with Crippen LogP contribution in [0.4, 0.5) is 0 Å². The molecule has 0 aromatic carbocycles. The largest absolute Gasteiger partial charge is 0.462 e. The van der Waals surface area contributed by atoms with Crippen molar-refractivity contribution in [2.45, 2.75) is 128 Å². The highest BCUT2D eigenvalue weighted by atomic mass is 16.7. The first-order chi connectivity index (χ1) is 21.1. The van der Waals surface area contributed by atoms with E-state index >= 15 is 0 Å². The number of esters is 1. The van der Waals surface area contributed by atoms with Crippen molar-refractivity contribution in [3.63, 3.8) is 0 Å². The summed E-state index contributed by atoms with van der Waals surface area (Å²) < 4.78 is 43.2. The number of carbonyl (C=O) groups is 1. The maximum Gasteiger partial charge on any atom is 0.316 e. The topological polar surface area (TPSA) is 135 Å². The summed E-state index contributed by atoms with van der Waals surface area (Å²) in [5.41, 5.74) is -0.240. The van der Waals surface area contributed by atoms with Crippen molar-refractivity contribution in [1.82, 2.24) is 0 Å². The molecule has 4 aliphatic heterocycles. The number of rotatable bonds is 2. The Hall–Kier alpha value is -1.85. The minimum atomic E-state index is -1.86. The normalized spacial score (nSPS) is 52.7. The lowest BCUT2D eigenvalue weighted by atomic mass is 9.71. The van der Waals surface area contributed by atoms with Crippen molar-refractivity contribution in [3.8, 4) is 0 Å². The van der Waals surface area contributed by atoms with E-state index in [2.05, 4.69) is 0 Å². The Balaban J connectivity index is 1.57. The van der Waals surface area contributed by atoms with Crippen molar-refractivity contribution in [3.05, 3.63) is 47.1 Å². The molecule has 0 amide bonds. The van der Waals surface area contributed by atoms with Gasteiger partial charge in [0.2, 0.25) is 0 Å². The number of aliphatic hydroxyl groups is 4. The van der Waals surface area contributed by atoms with E-state index in [0.29, 0.717) is 17.6 Å². The van der Waals surface area contributed by atoms with Crippen molar-refractivity contribution in [1.29, 1.82) is 0 Å². The second kappa shape index (κ2) is 12.5. The van der Waals surface area contributed by atoms with Gasteiger partial charge in [-0.3, -0.25) is 4.79 Å². The van der Waals surface area contributed by atoms with Gasteiger partial charge in [0.15, 0.2) is 5.79 Å². The molecule has 4 N–H and O–H groups in total. The van der Waals surface area contributed by atoms with Crippen LogP contribution in [0.2, 0.25) is 0 Å². The van der Waals surface area contributed by atoms with Gasteiger partial charge in [0.05, 0.1) is 31.0 Å². The third-order valence-corrected chi connectivity index (χ3v) is 10.1. The maximum absolute atomic E-state index is 14.0. The van der Waals surface area contributed by atoms with E-state index in [1.54, 1.807) is 26.0 Å². The van der Waals surface area contributed by atoms with Gasteiger partial charge in [0.1, 0.15) is 29.8 Å². The first kappa shape index (κ1) is 29.8. The molecule has 0 radical (unpaired) electrons. The second-order valence-electron chi connectivity index (χ2n) is 13.4. The maximum atomic E-state index is 14.0. The zero-order chi connectivity index (χ0) is 33.0. The molecule has 43 heavy (non-hydrogen) atoms. The molecule has 3 fully saturated rings. The smallest absolute Gasteiger partial charge is 0.316 e. The van der Waals surface area contributed by atoms with Crippen molar-refractivity contribution >= 4 is 5.97 Å². The van der Waals surface area contributed by atoms with Gasteiger partial charge in [0, 0.05) is 33.8 Å². The second-order valence-corrected chi connectivity index (χ2v) is 13.4. The molecule has 10 unspecified atom stereocenters. The summed E-state index contributed by atoms with van der Waals surface area (Å²) in [6, 6.07) is 0. The van der Waals surface area contributed by atoms with Crippen LogP contribution in [0.3, 0.4) is 0 Å². The Morgan fingerprint density at radius 2 is 1.84 bits per heavy atom. The van der Waals surface area contributed by atoms with Gasteiger partial charge in [-0.15, -0.1) is 0 Å². The molecule has 0 aromatic rings. The fraction of sp³-hybridized carbons (Fsp3) is 0.735. The first-order valence-corrected chi connectivity index (χ1v) is 15.6. The van der Waals surface area contributed by atoms with Gasteiger partial charge in [-0.05, 0) is 56.2 Å². The van der Waals surface area contributed by atoms with Gasteiger partial charge in [-0.2, -0.15) is 0 Å². The number of carbonyl (C=O) groups excluding carboxylic acids is 1. The lowest BCUT2D eigenvalue weighted by molar-refractivity contribution is -0.342. The Morgan fingerprint density at radius 3 is 2.56 bits per heavy atom. The van der Waals surface area contributed by atoms with Crippen LogP contribution in [0.5, 0.6) is 0 Å². The van der Waals surface area contributed by atoms with Crippen molar-refractivity contribution in [2.75, 3.05) is 6.61 Å². The first-order valence-electron chi connectivity index (χ1n) is 16.8. The van der Waals surface area contributed by atoms with Crippen LogP contribution in [0.1, 0.15) is 76.3 Å². The monoisotopic (exact) mass is 606 g/mol. The zero-order valence-electron chi connectivity index (χ0n) is 28.1. The fourth-order valence-corrected chi connectivity index (χ4v) is 7.15. The van der Waals surface area contributed by atoms with E-state index < -0.39 is 78.8 Å². The minimum absolute atomic E-state index is 0.00127. The van der Waals surface area contributed by atoms with E-state index in [9.17, 15) is 25.2 Å². The van der Waals surface area contributed by atoms with Crippen LogP contribution < -0.4 is 0 Å². The number of hydrogen-bond acceptors (Lipinski definition) is 9. The molecule has 0 saturated carbocycles. The van der Waals surface area contributed by atoms with Crippen molar-refractivity contribution in [2.24, 2.45) is 23.7 Å². The molecule has 9 heteroatoms. The van der Waals surface area contributed by atoms with Crippen molar-refractivity contribution < 1.29 is 46.9 Å². The predicted molar refractivity (Wildman–Crippen MR) is 160 cm³/mol. The molecule has 15 atom stereocenters. The summed E-state index contributed by atoms with van der Waals surface area (Å²) in [5, 5.41) is 44.5. The molecule has 9 nitrogen and oxygen atoms in total. The van der Waals surface area contributed by atoms with Gasteiger partial charge in [0.25, 0.3) is 0 Å². The van der Waals surface area contributed by atoms with Crippen LogP contribution in [-0.2, 0) is 23.7 Å². The molecule has 3 saturated heterocycles. The Morgan fingerprint density at radius 1 is 1.09 bits per heavy atom. The van der Waals surface area contributed by atoms with Crippen LogP contribution in [0, 0.1) is 23.7 Å². The summed E-state index contributed by atoms with van der Waals surface area (Å²) in [4.78, 5) is 14.0. The third kappa shape index (κ3) is 6.19. The average Bonchev–Trinajstić information content (AvgIpc) is 3.34. The van der Waals surface area contributed by atoms with Crippen LogP contribution >= 0.6 is 0 Å². The van der Waals surface area contributed by atoms with Gasteiger partial charge in [-0.1, -0.05) is 51.2 Å². The summed E-state index contributed by atoms with van der Waals surface area (Å²) in [5.74, 6) is -4.44. The molecule has 2 bridgehead atoms. The van der Waals surface area contributed by atoms with Crippen LogP contribution in [0.15, 0.2) is 47.1 Å². The number of fused-ring (bicyclic) bond motifs is 2. The highest BCUT2D eigenvalue weighted by Crippen LogP contribution is 2.48. The molecule has 1 spiro atoms. The third-order valence-electron chi connectivity index (χ3n) is 10.1. The van der Waals surface area contributed by atoms with Crippen LogP contribution in [-0.4, -0.2) is 87.1 Å². The van der Waals surface area contributed by atoms with Crippen LogP contribution in [0.25, 0.3) is 0 Å². The highest BCUT2D eigenvalue weighted by molar-refractivity contribution is 5.78. The van der Waals surface area contributed by atoms with Gasteiger partial charge < -0.3 is 39.4 Å². The zero-order valence-corrected chi connectivity index (χ0v) is 26.1. The number of aliphatic hydroxyl groups excluding tert-OH is 3. The van der Waals surface area contributed by atoms with Gasteiger partial charge >= 0.3 is 5.97 Å². The molecular weight excluding hydrogens is 552 g/mol. The lowest BCUT2D eigenvalue weighted by Crippen LogP contribution is -2.58. The molecule has 4 heterocycles. The number of ether oxygens (including phenoxy) is 4. The Bertz CT molecular complexity index is 1250. The van der Waals surface area contributed by atoms with Gasteiger partial charge in [-0.25, -0.2) is 0 Å². The summed E-state index contributed by atoms with van der Waals surface area (Å²) in [6.45, 7) is 10.8. The Labute approximate surface area is 258 Å². The number of hydrogen-bond donors (Lipinski definition) is 4. The summed E-state index contributed by atoms with van der Waals surface area (Å²) in [6.07, 6.45) is 1.60. The van der Waals surface area contributed by atoms with E-state index in [1.807, 2.05) is 39.8 Å². The molecule has 5 aliphatic rings. The van der Waals surface area contributed by atoms with E-state index in [0.717, 1.165) is 5.57 Å². The summed E-state index contributed by atoms with van der Waals surface area (Å²) >= 11 is 0. The fourth-order valence-electron chi connectivity index (χ4n) is 7.15. The molecule has 0 aromatic heterocycles. The summed E-state index contributed by atoms with van der Waals surface area (Å²) in [7, 11) is 0. The molecule has 5 rings (SSSR count). The minimum Gasteiger partial charge on any atom is -0.462 e. The SMILES string of the molecule is [3H]C1C(C)C([C@H](C)[C@H](C)O)OC2(CC3CC(C/C=C(\C)[C@@H](O)[C@@H](C)/C=C/C=C4\COC5C(O)C(C)=CC(C(=O)O3)[C@]45O)O2)C1[3H]. The quantitative estimate of drug-likeness (QED) is 0.275. The average molecular weight is 607 g/mol. The molecule has 1 aliphatic carbocycles. The molecule has 240 valence electrons. The highest BCUT2D eigenvalue weighted by Gasteiger charge is 2.60. The van der Waals surface area contributed by atoms with E-state index in [4.69, 9.17) is 21.7 Å². The standard InChI is InChI=1S/C34H50O9/c1-18-8-7-9-24-17-40-31-29(37)21(4)14-27(34(24,31)39)32(38)41-26-15-25(11-10-19(2)28(18)36)42-33(16-26)13-12-20(3)30(43-33)22(5)23(6)35/h7-10,14,18,20,22-23,25-31,35-37,39H,11-13,15-17H2,1-6H3/b8-7+,19-10+,24-9+/t18-,20?,22+,23-,25?,26?,27?,28-,29?,30?,31?,33?,34+/m0/s1/i12T,13T/t12?,13?,18-,20?,22+,23-,25?,26?,27?,28-,29?,30?,31?,33?,34+.